The largest absolute Gasteiger partial charge is 0.458 e. The van der Waals surface area contributed by atoms with E-state index in [2.05, 4.69) is 210 Å². The van der Waals surface area contributed by atoms with Crippen LogP contribution in [0, 0.1) is 0 Å². The molecular formula is C56H61BN2O. The zero-order chi connectivity index (χ0) is 42.8. The Morgan fingerprint density at radius 3 is 1.37 bits per heavy atom. The Balaban J connectivity index is 1.33. The Morgan fingerprint density at radius 2 is 0.867 bits per heavy atom. The first kappa shape index (κ1) is 39.0. The van der Waals surface area contributed by atoms with Crippen molar-refractivity contribution in [2.24, 2.45) is 0 Å². The molecule has 4 heteroatoms. The number of nitrogens with zero attached hydrogens (tertiary/aromatic N) is 2. The zero-order valence-electron chi connectivity index (χ0n) is 38.6. The van der Waals surface area contributed by atoms with Crippen molar-refractivity contribution in [1.82, 2.24) is 9.13 Å². The molecule has 2 aromatic heterocycles. The number of aromatic nitrogens is 2. The van der Waals surface area contributed by atoms with Crippen LogP contribution in [0.5, 0.6) is 11.5 Å². The summed E-state index contributed by atoms with van der Waals surface area (Å²) in [5.74, 6) is 2.01. The van der Waals surface area contributed by atoms with Crippen LogP contribution in [0.3, 0.4) is 0 Å². The van der Waals surface area contributed by atoms with E-state index in [1.807, 2.05) is 0 Å². The summed E-state index contributed by atoms with van der Waals surface area (Å²) in [5, 5.41) is 5.23. The second kappa shape index (κ2) is 12.2. The van der Waals surface area contributed by atoms with Crippen molar-refractivity contribution < 1.29 is 4.74 Å². The molecule has 0 saturated heterocycles. The summed E-state index contributed by atoms with van der Waals surface area (Å²) >= 11 is 0. The van der Waals surface area contributed by atoms with E-state index < -0.39 is 0 Å². The molecule has 10 rings (SSSR count). The Bertz CT molecular complexity index is 3060. The maximum absolute atomic E-state index is 7.26. The molecule has 0 spiro atoms. The molecular weight excluding hydrogens is 727 g/mol. The predicted molar refractivity (Wildman–Crippen MR) is 260 cm³/mol. The topological polar surface area (TPSA) is 19.1 Å². The number of fused-ring (bicyclic) bond motifs is 11. The summed E-state index contributed by atoms with van der Waals surface area (Å²) in [6.07, 6.45) is 0. The Labute approximate surface area is 357 Å². The molecule has 3 nitrogen and oxygen atoms in total. The molecule has 4 heterocycles. The molecule has 0 aliphatic carbocycles. The lowest BCUT2D eigenvalue weighted by Crippen LogP contribution is -2.58. The summed E-state index contributed by atoms with van der Waals surface area (Å²) in [6, 6.07) is 38.3. The average molecular weight is 789 g/mol. The van der Waals surface area contributed by atoms with E-state index in [0.717, 1.165) is 11.5 Å². The molecule has 0 saturated carbocycles. The number of hydrogen-bond donors (Lipinski definition) is 0. The molecule has 60 heavy (non-hydrogen) atoms. The van der Waals surface area contributed by atoms with Gasteiger partial charge in [0, 0.05) is 38.5 Å². The minimum atomic E-state index is -0.139. The van der Waals surface area contributed by atoms with Gasteiger partial charge in [-0.05, 0) is 126 Å². The highest BCUT2D eigenvalue weighted by Gasteiger charge is 2.43. The fraction of sp³-hybridized carbons (Fsp3) is 0.357. The van der Waals surface area contributed by atoms with Gasteiger partial charge in [0.2, 0.25) is 0 Å². The van der Waals surface area contributed by atoms with Gasteiger partial charge >= 0.3 is 0 Å². The van der Waals surface area contributed by atoms with Gasteiger partial charge in [-0.15, -0.1) is 0 Å². The Morgan fingerprint density at radius 1 is 0.417 bits per heavy atom. The van der Waals surface area contributed by atoms with Gasteiger partial charge in [0.15, 0.2) is 0 Å². The summed E-state index contributed by atoms with van der Waals surface area (Å²) < 4.78 is 12.4. The summed E-state index contributed by atoms with van der Waals surface area (Å²) in [6.45, 7) is 34.8. The van der Waals surface area contributed by atoms with Crippen molar-refractivity contribution in [3.8, 4) is 22.9 Å². The second-order valence-electron chi connectivity index (χ2n) is 23.2. The van der Waals surface area contributed by atoms with E-state index in [4.69, 9.17) is 4.74 Å². The lowest BCUT2D eigenvalue weighted by atomic mass is 9.34. The van der Waals surface area contributed by atoms with Crippen molar-refractivity contribution in [2.45, 2.75) is 131 Å². The van der Waals surface area contributed by atoms with E-state index in [9.17, 15) is 0 Å². The molecule has 8 aromatic rings. The van der Waals surface area contributed by atoms with Crippen molar-refractivity contribution >= 4 is 66.7 Å². The first-order valence-corrected chi connectivity index (χ1v) is 22.1. The molecule has 2 aliphatic heterocycles. The van der Waals surface area contributed by atoms with Crippen LogP contribution in [0.15, 0.2) is 97.1 Å². The van der Waals surface area contributed by atoms with Gasteiger partial charge in [0.1, 0.15) is 11.5 Å². The molecule has 0 bridgehead atoms. The van der Waals surface area contributed by atoms with Crippen molar-refractivity contribution in [2.75, 3.05) is 0 Å². The first-order valence-electron chi connectivity index (χ1n) is 22.1. The van der Waals surface area contributed by atoms with Crippen LogP contribution in [0.1, 0.15) is 132 Å². The van der Waals surface area contributed by atoms with E-state index in [-0.39, 0.29) is 33.8 Å². The minimum absolute atomic E-state index is 0.00432. The van der Waals surface area contributed by atoms with Crippen LogP contribution in [0.2, 0.25) is 0 Å². The molecule has 6 aromatic carbocycles. The fourth-order valence-corrected chi connectivity index (χ4v) is 10.1. The lowest BCUT2D eigenvalue weighted by molar-refractivity contribution is 0.457. The van der Waals surface area contributed by atoms with Crippen LogP contribution in [-0.2, 0) is 27.1 Å². The number of hydrogen-bond acceptors (Lipinski definition) is 1. The highest BCUT2D eigenvalue weighted by Crippen LogP contribution is 2.46. The first-order chi connectivity index (χ1) is 27.9. The van der Waals surface area contributed by atoms with Crippen LogP contribution in [-0.4, -0.2) is 15.8 Å². The molecule has 0 amide bonds. The van der Waals surface area contributed by atoms with Gasteiger partial charge in [-0.1, -0.05) is 140 Å². The third-order valence-corrected chi connectivity index (χ3v) is 13.7. The van der Waals surface area contributed by atoms with Gasteiger partial charge in [-0.2, -0.15) is 0 Å². The molecule has 0 N–H and O–H groups in total. The molecule has 2 aliphatic rings. The maximum Gasteiger partial charge on any atom is 0.256 e. The number of rotatable bonds is 1. The second-order valence-corrected chi connectivity index (χ2v) is 23.2. The van der Waals surface area contributed by atoms with E-state index in [1.165, 1.54) is 99.2 Å². The third-order valence-electron chi connectivity index (χ3n) is 13.7. The number of ether oxygens (including phenoxy) is 1. The van der Waals surface area contributed by atoms with Gasteiger partial charge in [-0.25, -0.2) is 0 Å². The number of benzene rings is 6. The van der Waals surface area contributed by atoms with Gasteiger partial charge in [-0.3, -0.25) is 0 Å². The Kier molecular flexibility index (Phi) is 7.93. The molecule has 0 unspecified atom stereocenters. The third kappa shape index (κ3) is 5.69. The standard InChI is InChI=1S/C56H61BN2O/c1-52(2,3)32-17-23-44-37(26-32)38-27-33(53(4,5)6)18-24-45(38)58(44)36-20-22-42-47(30-36)59-46-25-19-34(54(7,8)9)28-39(46)40-31-41(56(13,14)15)51-49(50(40)59)57(42)43-21-16-35(55(10,11)12)29-48(43)60-51/h16-31H,1-15H3. The smallest absolute Gasteiger partial charge is 0.256 e. The highest BCUT2D eigenvalue weighted by atomic mass is 16.5. The van der Waals surface area contributed by atoms with Gasteiger partial charge < -0.3 is 13.9 Å². The maximum atomic E-state index is 7.26. The van der Waals surface area contributed by atoms with E-state index in [0.29, 0.717) is 0 Å². The zero-order valence-corrected chi connectivity index (χ0v) is 38.6. The highest BCUT2D eigenvalue weighted by molar-refractivity contribution is 6.99. The normalized spacial score (nSPS) is 14.3. The fourth-order valence-electron chi connectivity index (χ4n) is 10.1. The van der Waals surface area contributed by atoms with Gasteiger partial charge in [0.25, 0.3) is 6.71 Å². The van der Waals surface area contributed by atoms with Crippen LogP contribution >= 0.6 is 0 Å². The molecule has 304 valence electrons. The summed E-state index contributed by atoms with van der Waals surface area (Å²) in [4.78, 5) is 0. The lowest BCUT2D eigenvalue weighted by Gasteiger charge is -2.36. The monoisotopic (exact) mass is 788 g/mol. The quantitative estimate of drug-likeness (QED) is 0.152. The van der Waals surface area contributed by atoms with Crippen LogP contribution in [0.4, 0.5) is 0 Å². The minimum Gasteiger partial charge on any atom is -0.458 e. The van der Waals surface area contributed by atoms with E-state index in [1.54, 1.807) is 0 Å². The van der Waals surface area contributed by atoms with Gasteiger partial charge in [0.05, 0.1) is 22.1 Å². The average Bonchev–Trinajstić information content (AvgIpc) is 3.67. The molecule has 0 radical (unpaired) electrons. The Hall–Kier alpha value is -5.22. The SMILES string of the molecule is CC(C)(C)c1ccc2c(c1)Oc1c(C(C)(C)C)cc3c4cc(C(C)(C)C)ccc4n4c3c1B2c1ccc(-n2c3ccc(C(C)(C)C)cc3c3cc(C(C)(C)C)ccc32)cc1-4. The van der Waals surface area contributed by atoms with Crippen molar-refractivity contribution in [3.05, 3.63) is 125 Å². The molecule has 0 atom stereocenters. The van der Waals surface area contributed by atoms with Crippen molar-refractivity contribution in [3.63, 3.8) is 0 Å². The molecule has 0 fully saturated rings. The van der Waals surface area contributed by atoms with Crippen LogP contribution < -0.4 is 21.1 Å². The van der Waals surface area contributed by atoms with Crippen molar-refractivity contribution in [1.29, 1.82) is 0 Å². The summed E-state index contributed by atoms with van der Waals surface area (Å²) in [7, 11) is 0. The van der Waals surface area contributed by atoms with E-state index >= 15 is 0 Å². The van der Waals surface area contributed by atoms with Crippen LogP contribution in [0.25, 0.3) is 55.0 Å². The summed E-state index contributed by atoms with van der Waals surface area (Å²) in [5.41, 5.74) is 17.8. The predicted octanol–water partition coefficient (Wildman–Crippen LogP) is 13.3.